The van der Waals surface area contributed by atoms with Crippen LogP contribution in [0.3, 0.4) is 0 Å². The van der Waals surface area contributed by atoms with Crippen molar-refractivity contribution in [1.29, 1.82) is 0 Å². The summed E-state index contributed by atoms with van der Waals surface area (Å²) in [5.41, 5.74) is 1.79. The molecule has 0 aliphatic carbocycles. The molecule has 0 radical (unpaired) electrons. The zero-order valence-corrected chi connectivity index (χ0v) is 23.6. The molecule has 3 aliphatic rings. The second kappa shape index (κ2) is 16.1. The van der Waals surface area contributed by atoms with Gasteiger partial charge in [0.25, 0.3) is 0 Å². The largest absolute Gasteiger partial charge is 0.465 e. The first kappa shape index (κ1) is 32.0. The molecule has 230 valence electrons. The Kier molecular flexibility index (Phi) is 12.2. The van der Waals surface area contributed by atoms with Gasteiger partial charge in [-0.2, -0.15) is 0 Å². The number of esters is 2. The molecule has 0 spiro atoms. The molecular weight excluding hydrogens is 552 g/mol. The number of aliphatic hydroxyl groups excluding tert-OH is 2. The maximum atomic E-state index is 12.2. The molecule has 3 fully saturated rings. The van der Waals surface area contributed by atoms with E-state index in [0.29, 0.717) is 0 Å². The fourth-order valence-electron chi connectivity index (χ4n) is 4.52. The monoisotopic (exact) mass is 590 g/mol. The highest BCUT2D eigenvalue weighted by molar-refractivity contribution is 5.95. The van der Waals surface area contributed by atoms with Gasteiger partial charge in [-0.05, 0) is 13.8 Å². The molecule has 7 atom stereocenters. The van der Waals surface area contributed by atoms with Gasteiger partial charge in [-0.1, -0.05) is 60.7 Å². The van der Waals surface area contributed by atoms with Crippen molar-refractivity contribution in [3.8, 4) is 0 Å². The molecule has 12 nitrogen and oxygen atoms in total. The zero-order valence-electron chi connectivity index (χ0n) is 23.6. The number of hydrogen-bond acceptors (Lipinski definition) is 12. The fourth-order valence-corrected chi connectivity index (χ4v) is 4.52. The Labute approximate surface area is 244 Å². The minimum absolute atomic E-state index is 0.137. The molecule has 0 amide bonds. The van der Waals surface area contributed by atoms with Gasteiger partial charge in [0.1, 0.15) is 24.4 Å². The lowest BCUT2D eigenvalue weighted by molar-refractivity contribution is -0.345. The van der Waals surface area contributed by atoms with Crippen LogP contribution in [0.1, 0.15) is 37.6 Å². The van der Waals surface area contributed by atoms with Crippen LogP contribution in [-0.4, -0.2) is 92.5 Å². The first-order chi connectivity index (χ1) is 20.4. The zero-order chi connectivity index (χ0) is 29.9. The van der Waals surface area contributed by atoms with E-state index < -0.39 is 55.0 Å². The number of hydrogen-bond donors (Lipinski definition) is 2. The van der Waals surface area contributed by atoms with Crippen LogP contribution in [0, 0.1) is 5.92 Å². The second-order valence-corrected chi connectivity index (χ2v) is 9.61. The Balaban J connectivity index is 0.000000227. The number of benzene rings is 2. The lowest BCUT2D eigenvalue weighted by Crippen LogP contribution is -2.55. The van der Waals surface area contributed by atoms with Gasteiger partial charge < -0.3 is 48.1 Å². The smallest absolute Gasteiger partial charge is 0.325 e. The van der Waals surface area contributed by atoms with Gasteiger partial charge in [0.2, 0.25) is 5.92 Å². The third kappa shape index (κ3) is 8.33. The standard InChI is InChI=1S/C19H24O8.C11H14O4/c1-3-22-16(20)15(17(21)23-4-2)19-25-11-13-14(27-19)10-24-18(26-13)12-8-6-5-7-9-12;12-6-10-9(13)7-14-11(15-10)8-4-2-1-3-5-8/h5-9,13-15,18-19H,3-4,10-11H2,1-2H3;1-5,9-13H,6-7H2/t13-,14+,18?,19?;9-,10+,11?/m01/s1. The van der Waals surface area contributed by atoms with Gasteiger partial charge in [-0.3, -0.25) is 9.59 Å². The molecule has 12 heteroatoms. The Morgan fingerprint density at radius 1 is 0.762 bits per heavy atom. The van der Waals surface area contributed by atoms with E-state index in [2.05, 4.69) is 0 Å². The molecule has 2 aromatic rings. The Morgan fingerprint density at radius 3 is 1.81 bits per heavy atom. The first-order valence-electron chi connectivity index (χ1n) is 14.0. The van der Waals surface area contributed by atoms with Crippen molar-refractivity contribution < 1.29 is 57.7 Å². The van der Waals surface area contributed by atoms with Crippen LogP contribution in [0.4, 0.5) is 0 Å². The highest BCUT2D eigenvalue weighted by Gasteiger charge is 2.47. The van der Waals surface area contributed by atoms with Crippen LogP contribution in [-0.2, 0) is 47.5 Å². The van der Waals surface area contributed by atoms with Gasteiger partial charge in [-0.25, -0.2) is 0 Å². The molecular formula is C30H38O12. The average Bonchev–Trinajstić information content (AvgIpc) is 3.02. The van der Waals surface area contributed by atoms with E-state index >= 15 is 0 Å². The number of carbonyl (C=O) groups excluding carboxylic acids is 2. The summed E-state index contributed by atoms with van der Waals surface area (Å²) in [5.74, 6) is -2.78. The van der Waals surface area contributed by atoms with Gasteiger partial charge in [0.05, 0.1) is 39.6 Å². The summed E-state index contributed by atoms with van der Waals surface area (Å²) in [6.07, 6.45) is -4.27. The fraction of sp³-hybridized carbons (Fsp3) is 0.533. The predicted molar refractivity (Wildman–Crippen MR) is 144 cm³/mol. The highest BCUT2D eigenvalue weighted by atomic mass is 16.8. The Hall–Kier alpha value is -2.94. The molecule has 0 bridgehead atoms. The van der Waals surface area contributed by atoms with Crippen LogP contribution in [0.25, 0.3) is 0 Å². The minimum Gasteiger partial charge on any atom is -0.465 e. The second-order valence-electron chi connectivity index (χ2n) is 9.61. The number of aliphatic hydroxyl groups is 2. The predicted octanol–water partition coefficient (Wildman–Crippen LogP) is 2.04. The van der Waals surface area contributed by atoms with Crippen molar-refractivity contribution in [1.82, 2.24) is 0 Å². The topological polar surface area (TPSA) is 148 Å². The van der Waals surface area contributed by atoms with Crippen molar-refractivity contribution in [3.63, 3.8) is 0 Å². The van der Waals surface area contributed by atoms with E-state index in [1.54, 1.807) is 13.8 Å². The lowest BCUT2D eigenvalue weighted by Gasteiger charge is -2.42. The van der Waals surface area contributed by atoms with Crippen LogP contribution < -0.4 is 0 Å². The molecule has 2 N–H and O–H groups in total. The molecule has 3 saturated heterocycles. The highest BCUT2D eigenvalue weighted by Crippen LogP contribution is 2.32. The summed E-state index contributed by atoms with van der Waals surface area (Å²) < 4.78 is 43.8. The maximum Gasteiger partial charge on any atom is 0.325 e. The van der Waals surface area contributed by atoms with Crippen molar-refractivity contribution in [2.45, 2.75) is 57.1 Å². The van der Waals surface area contributed by atoms with Gasteiger partial charge in [0, 0.05) is 11.1 Å². The summed E-state index contributed by atoms with van der Waals surface area (Å²) >= 11 is 0. The Morgan fingerprint density at radius 2 is 1.26 bits per heavy atom. The molecule has 0 aromatic heterocycles. The Bertz CT molecular complexity index is 1080. The first-order valence-corrected chi connectivity index (χ1v) is 14.0. The quantitative estimate of drug-likeness (QED) is 0.342. The van der Waals surface area contributed by atoms with Crippen molar-refractivity contribution in [3.05, 3.63) is 71.8 Å². The molecule has 3 heterocycles. The van der Waals surface area contributed by atoms with Crippen molar-refractivity contribution in [2.24, 2.45) is 5.92 Å². The van der Waals surface area contributed by atoms with Gasteiger partial charge in [-0.15, -0.1) is 0 Å². The summed E-state index contributed by atoms with van der Waals surface area (Å²) in [6.45, 7) is 3.99. The summed E-state index contributed by atoms with van der Waals surface area (Å²) in [7, 11) is 0. The van der Waals surface area contributed by atoms with E-state index in [-0.39, 0.29) is 45.7 Å². The molecule has 5 rings (SSSR count). The van der Waals surface area contributed by atoms with Gasteiger partial charge in [0.15, 0.2) is 18.9 Å². The number of rotatable bonds is 8. The maximum absolute atomic E-state index is 12.2. The van der Waals surface area contributed by atoms with E-state index in [9.17, 15) is 14.7 Å². The number of fused-ring (bicyclic) bond motifs is 1. The van der Waals surface area contributed by atoms with E-state index in [4.69, 9.17) is 43.0 Å². The number of ether oxygens (including phenoxy) is 8. The van der Waals surface area contributed by atoms with Crippen molar-refractivity contribution >= 4 is 11.9 Å². The SMILES string of the molecule is CCOC(=O)C(C(=O)OCC)C1OC[C@@H]2OC(c3ccccc3)OC[C@H]2O1.OC[C@@H]1OC(c2ccccc2)OC[C@H]1O. The van der Waals surface area contributed by atoms with E-state index in [1.807, 2.05) is 60.7 Å². The van der Waals surface area contributed by atoms with E-state index in [1.165, 1.54) is 0 Å². The van der Waals surface area contributed by atoms with Crippen LogP contribution in [0.15, 0.2) is 60.7 Å². The summed E-state index contributed by atoms with van der Waals surface area (Å²) in [5, 5.41) is 18.4. The van der Waals surface area contributed by atoms with Crippen LogP contribution in [0.2, 0.25) is 0 Å². The third-order valence-electron chi connectivity index (χ3n) is 6.68. The number of carbonyl (C=O) groups is 2. The van der Waals surface area contributed by atoms with Crippen LogP contribution >= 0.6 is 0 Å². The molecule has 2 aromatic carbocycles. The summed E-state index contributed by atoms with van der Waals surface area (Å²) in [4.78, 5) is 24.4. The molecule has 3 unspecified atom stereocenters. The summed E-state index contributed by atoms with van der Waals surface area (Å²) in [6, 6.07) is 19.0. The van der Waals surface area contributed by atoms with E-state index in [0.717, 1.165) is 11.1 Å². The minimum atomic E-state index is -1.31. The van der Waals surface area contributed by atoms with Crippen LogP contribution in [0.5, 0.6) is 0 Å². The third-order valence-corrected chi connectivity index (χ3v) is 6.68. The normalized spacial score (nSPS) is 29.0. The molecule has 3 aliphatic heterocycles. The molecule has 0 saturated carbocycles. The molecule has 42 heavy (non-hydrogen) atoms. The lowest BCUT2D eigenvalue weighted by atomic mass is 10.1. The average molecular weight is 591 g/mol. The van der Waals surface area contributed by atoms with Gasteiger partial charge >= 0.3 is 11.9 Å². The van der Waals surface area contributed by atoms with Crippen molar-refractivity contribution in [2.75, 3.05) is 39.6 Å².